The van der Waals surface area contributed by atoms with E-state index in [1.54, 1.807) is 52.0 Å². The number of guanidine groups is 1. The van der Waals surface area contributed by atoms with E-state index in [0.717, 1.165) is 0 Å². The Hall–Kier alpha value is -7.52. The summed E-state index contributed by atoms with van der Waals surface area (Å²) < 4.78 is 0. The van der Waals surface area contributed by atoms with Crippen LogP contribution in [0, 0.1) is 11.8 Å². The molecule has 1 aliphatic rings. The van der Waals surface area contributed by atoms with Crippen molar-refractivity contribution in [1.82, 2.24) is 41.0 Å². The van der Waals surface area contributed by atoms with Gasteiger partial charge >= 0.3 is 11.9 Å². The number of nitrogens with one attached hydrogen (secondary N) is 4. The van der Waals surface area contributed by atoms with Crippen LogP contribution in [0.2, 0.25) is 0 Å². The number of rotatable bonds is 22. The van der Waals surface area contributed by atoms with Gasteiger partial charge in [0.15, 0.2) is 5.96 Å². The molecule has 354 valence electrons. The number of nitrogens with zero attached hydrogens (tertiary/aromatic N) is 5. The van der Waals surface area contributed by atoms with E-state index in [2.05, 4.69) is 36.2 Å². The number of carbonyl (C=O) groups is 9. The highest BCUT2D eigenvalue weighted by atomic mass is 16.4. The standard InChI is InChI=1S/C44H57N11O11/c1-6-24(4)35(40(62)51-30(21-34(56)57)38(60)50-29(12-9-18-47-44(45)46)37(59)52-31(43(65)66)20-23(2)3)55-19-17-33(42(55)64)54(5)41(63)26-15-13-25(14-16-26)36(58)53-39(61)32-22-48-27-10-7-8-11-28(27)49-32/h7-8,10-11,13-16,22-24,29-31,33,35H,6,9,12,17-21H2,1-5H3,(H,50,60)(H,51,62)(H,52,59)(H,56,57)(H,65,66)(H4,45,46,47)(H,53,58,61)/t24?,29-,30-,31-,33?,35?/m0/s1. The Balaban J connectivity index is 1.45. The quantitative estimate of drug-likeness (QED) is 0.0293. The first-order valence-corrected chi connectivity index (χ1v) is 21.4. The minimum atomic E-state index is -1.74. The van der Waals surface area contributed by atoms with Gasteiger partial charge in [-0.25, -0.2) is 9.78 Å². The fraction of sp³-hybridized carbons (Fsp3) is 0.455. The first-order chi connectivity index (χ1) is 31.2. The number of para-hydroxylation sites is 2. The average Bonchev–Trinajstić information content (AvgIpc) is 3.65. The highest BCUT2D eigenvalue weighted by Crippen LogP contribution is 2.26. The molecular weight excluding hydrogens is 859 g/mol. The molecule has 0 radical (unpaired) electrons. The van der Waals surface area contributed by atoms with Gasteiger partial charge < -0.3 is 47.4 Å². The van der Waals surface area contributed by atoms with Gasteiger partial charge in [0, 0.05) is 31.3 Å². The van der Waals surface area contributed by atoms with E-state index in [1.807, 2.05) is 0 Å². The molecule has 2 heterocycles. The summed E-state index contributed by atoms with van der Waals surface area (Å²) in [6.45, 7) is 7.06. The van der Waals surface area contributed by atoms with Gasteiger partial charge in [0.2, 0.25) is 23.6 Å². The molecule has 22 heteroatoms. The summed E-state index contributed by atoms with van der Waals surface area (Å²) in [5, 5.41) is 29.1. The third-order valence-corrected chi connectivity index (χ3v) is 11.0. The largest absolute Gasteiger partial charge is 0.481 e. The fourth-order valence-corrected chi connectivity index (χ4v) is 7.32. The van der Waals surface area contributed by atoms with Crippen LogP contribution in [0.25, 0.3) is 11.0 Å². The Kier molecular flexibility index (Phi) is 18.1. The number of aliphatic imine (C=N–C) groups is 1. The highest BCUT2D eigenvalue weighted by Gasteiger charge is 2.44. The molecule has 1 aromatic heterocycles. The molecule has 0 saturated carbocycles. The number of likely N-dealkylation sites (N-methyl/N-ethyl adjacent to an activating group) is 1. The number of carboxylic acids is 2. The molecule has 1 saturated heterocycles. The normalized spacial score (nSPS) is 15.7. The fourth-order valence-electron chi connectivity index (χ4n) is 7.32. The number of carbonyl (C=O) groups excluding carboxylic acids is 7. The van der Waals surface area contributed by atoms with Crippen molar-refractivity contribution in [1.29, 1.82) is 0 Å². The predicted octanol–water partition coefficient (Wildman–Crippen LogP) is 0.401. The van der Waals surface area contributed by atoms with Gasteiger partial charge in [0.05, 0.1) is 23.7 Å². The lowest BCUT2D eigenvalue weighted by Gasteiger charge is -2.33. The van der Waals surface area contributed by atoms with Crippen LogP contribution in [0.4, 0.5) is 0 Å². The minimum Gasteiger partial charge on any atom is -0.481 e. The first-order valence-electron chi connectivity index (χ1n) is 21.4. The van der Waals surface area contributed by atoms with Crippen LogP contribution in [-0.2, 0) is 28.8 Å². The van der Waals surface area contributed by atoms with Crippen LogP contribution in [0.15, 0.2) is 59.7 Å². The van der Waals surface area contributed by atoms with Crippen LogP contribution >= 0.6 is 0 Å². The Morgan fingerprint density at radius 3 is 2.06 bits per heavy atom. The van der Waals surface area contributed by atoms with Crippen molar-refractivity contribution < 1.29 is 53.4 Å². The van der Waals surface area contributed by atoms with Crippen molar-refractivity contribution >= 4 is 70.3 Å². The van der Waals surface area contributed by atoms with Crippen LogP contribution in [0.1, 0.15) is 97.4 Å². The third kappa shape index (κ3) is 13.7. The van der Waals surface area contributed by atoms with Crippen LogP contribution in [0.3, 0.4) is 0 Å². The Morgan fingerprint density at radius 1 is 0.848 bits per heavy atom. The Morgan fingerprint density at radius 2 is 1.45 bits per heavy atom. The summed E-state index contributed by atoms with van der Waals surface area (Å²) in [5.41, 5.74) is 11.9. The number of imide groups is 1. The third-order valence-electron chi connectivity index (χ3n) is 11.0. The molecule has 3 aromatic rings. The molecule has 0 bridgehead atoms. The lowest BCUT2D eigenvalue weighted by atomic mass is 9.96. The van der Waals surface area contributed by atoms with Gasteiger partial charge in [0.25, 0.3) is 17.7 Å². The van der Waals surface area contributed by atoms with Gasteiger partial charge in [-0.3, -0.25) is 53.6 Å². The summed E-state index contributed by atoms with van der Waals surface area (Å²) in [5.74, 6) is -9.10. The molecule has 6 atom stereocenters. The smallest absolute Gasteiger partial charge is 0.326 e. The second kappa shape index (κ2) is 23.4. The van der Waals surface area contributed by atoms with E-state index < -0.39 is 95.8 Å². The second-order valence-corrected chi connectivity index (χ2v) is 16.4. The zero-order valence-electron chi connectivity index (χ0n) is 37.4. The first kappa shape index (κ1) is 51.1. The topological polar surface area (TPSA) is 339 Å². The molecule has 4 rings (SSSR count). The van der Waals surface area contributed by atoms with Crippen LogP contribution in [-0.4, -0.2) is 140 Å². The number of amides is 7. The van der Waals surface area contributed by atoms with Crippen molar-refractivity contribution in [3.63, 3.8) is 0 Å². The monoisotopic (exact) mass is 915 g/mol. The molecule has 0 spiro atoms. The zero-order valence-corrected chi connectivity index (χ0v) is 37.4. The van der Waals surface area contributed by atoms with Gasteiger partial charge in [0.1, 0.15) is 35.9 Å². The van der Waals surface area contributed by atoms with Crippen molar-refractivity contribution in [2.24, 2.45) is 28.3 Å². The van der Waals surface area contributed by atoms with Crippen molar-refractivity contribution in [2.45, 2.75) is 96.4 Å². The number of likely N-dealkylation sites (tertiary alicyclic amines) is 1. The minimum absolute atomic E-state index is 0.0211. The van der Waals surface area contributed by atoms with E-state index in [1.165, 1.54) is 47.3 Å². The molecular formula is C44H57N11O11. The second-order valence-electron chi connectivity index (χ2n) is 16.4. The lowest BCUT2D eigenvalue weighted by Crippen LogP contribution is -2.59. The molecule has 10 N–H and O–H groups in total. The Bertz CT molecular complexity index is 2340. The molecule has 66 heavy (non-hydrogen) atoms. The maximum Gasteiger partial charge on any atom is 0.326 e. The molecule has 0 aliphatic carbocycles. The number of fused-ring (bicyclic) bond motifs is 1. The summed E-state index contributed by atoms with van der Waals surface area (Å²) in [6.07, 6.45) is 0.953. The predicted molar refractivity (Wildman–Crippen MR) is 238 cm³/mol. The lowest BCUT2D eigenvalue weighted by molar-refractivity contribution is -0.145. The van der Waals surface area contributed by atoms with Crippen molar-refractivity contribution in [3.05, 3.63) is 71.5 Å². The summed E-state index contributed by atoms with van der Waals surface area (Å²) in [7, 11) is 1.41. The molecule has 3 unspecified atom stereocenters. The van der Waals surface area contributed by atoms with Crippen molar-refractivity contribution in [2.75, 3.05) is 20.1 Å². The average molecular weight is 916 g/mol. The molecule has 1 fully saturated rings. The van der Waals surface area contributed by atoms with Gasteiger partial charge in [-0.05, 0) is 73.9 Å². The van der Waals surface area contributed by atoms with Crippen molar-refractivity contribution in [3.8, 4) is 0 Å². The van der Waals surface area contributed by atoms with Crippen LogP contribution in [0.5, 0.6) is 0 Å². The molecule has 22 nitrogen and oxygen atoms in total. The molecule has 7 amide bonds. The number of nitrogens with two attached hydrogens (primary N) is 2. The van der Waals surface area contributed by atoms with E-state index in [-0.39, 0.29) is 67.5 Å². The highest BCUT2D eigenvalue weighted by molar-refractivity contribution is 6.10. The van der Waals surface area contributed by atoms with E-state index in [9.17, 15) is 53.4 Å². The summed E-state index contributed by atoms with van der Waals surface area (Å²) in [6, 6.07) is 5.65. The van der Waals surface area contributed by atoms with Crippen LogP contribution < -0.4 is 32.7 Å². The summed E-state index contributed by atoms with van der Waals surface area (Å²) >= 11 is 0. The van der Waals surface area contributed by atoms with E-state index in [4.69, 9.17) is 11.5 Å². The number of aromatic nitrogens is 2. The van der Waals surface area contributed by atoms with Gasteiger partial charge in [-0.15, -0.1) is 0 Å². The zero-order chi connectivity index (χ0) is 48.8. The number of benzene rings is 2. The SMILES string of the molecule is CCC(C)C(C(=O)N[C@@H](CC(=O)O)C(=O)N[C@@H](CCCN=C(N)N)C(=O)N[C@@H](CC(C)C)C(=O)O)N1CCC(N(C)C(=O)c2ccc(C(=O)NC(=O)c3cnc4ccccc4n3)cc2)C1=O. The maximum atomic E-state index is 14.1. The van der Waals surface area contributed by atoms with Gasteiger partial charge in [-0.1, -0.05) is 46.2 Å². The molecule has 1 aliphatic heterocycles. The maximum absolute atomic E-state index is 14.1. The molecule has 2 aromatic carbocycles. The number of aliphatic carboxylic acids is 2. The summed E-state index contributed by atoms with van der Waals surface area (Å²) in [4.78, 5) is 133. The van der Waals surface area contributed by atoms with Gasteiger partial charge in [-0.2, -0.15) is 0 Å². The number of carboxylic acid groups (broad SMARTS) is 2. The van der Waals surface area contributed by atoms with E-state index >= 15 is 0 Å². The Labute approximate surface area is 380 Å². The number of hydrogen-bond acceptors (Lipinski definition) is 12. The number of hydrogen-bond donors (Lipinski definition) is 8. The van der Waals surface area contributed by atoms with E-state index in [0.29, 0.717) is 17.5 Å².